The molecule has 0 radical (unpaired) electrons. The number of ether oxygens (including phenoxy) is 1. The molecule has 0 spiro atoms. The van der Waals surface area contributed by atoms with E-state index in [1.54, 1.807) is 11.3 Å². The van der Waals surface area contributed by atoms with E-state index in [0.717, 1.165) is 20.9 Å². The molecule has 0 bridgehead atoms. The second-order valence-corrected chi connectivity index (χ2v) is 6.69. The summed E-state index contributed by atoms with van der Waals surface area (Å²) in [5.41, 5.74) is 0. The van der Waals surface area contributed by atoms with Gasteiger partial charge in [0.2, 0.25) is 0 Å². The predicted octanol–water partition coefficient (Wildman–Crippen LogP) is 4.45. The molecule has 0 aliphatic carbocycles. The average Bonchev–Trinajstić information content (AvgIpc) is 2.61. The van der Waals surface area contributed by atoms with Crippen molar-refractivity contribution < 1.29 is 9.53 Å². The molecule has 0 saturated carbocycles. The van der Waals surface area contributed by atoms with Crippen molar-refractivity contribution in [1.82, 2.24) is 0 Å². The summed E-state index contributed by atoms with van der Waals surface area (Å²) >= 11 is 8.06. The van der Waals surface area contributed by atoms with Crippen LogP contribution in [0.25, 0.3) is 0 Å². The predicted molar refractivity (Wildman–Crippen MR) is 72.2 cm³/mol. The van der Waals surface area contributed by atoms with Crippen LogP contribution in [0.3, 0.4) is 0 Å². The lowest BCUT2D eigenvalue weighted by atomic mass is 10.2. The van der Waals surface area contributed by atoms with Crippen LogP contribution in [0.5, 0.6) is 0 Å². The van der Waals surface area contributed by atoms with E-state index in [1.165, 1.54) is 24.2 Å². The average molecular weight is 276 g/mol. The molecule has 0 aliphatic heterocycles. The molecule has 0 fully saturated rings. The Morgan fingerprint density at radius 1 is 1.31 bits per heavy atom. The molecule has 1 rings (SSSR count). The fraction of sp³-hybridized carbons (Fsp3) is 0.636. The molecule has 0 unspecified atom stereocenters. The van der Waals surface area contributed by atoms with E-state index in [9.17, 15) is 4.79 Å². The third-order valence-corrected chi connectivity index (χ3v) is 4.85. The molecule has 16 heavy (non-hydrogen) atoms. The molecule has 1 aromatic rings. The van der Waals surface area contributed by atoms with Gasteiger partial charge in [-0.3, -0.25) is 0 Å². The summed E-state index contributed by atoms with van der Waals surface area (Å²) in [7, 11) is 0. The van der Waals surface area contributed by atoms with Gasteiger partial charge in [-0.15, -0.1) is 22.7 Å². The standard InChI is InChI=1S/C11H16O2S3/c1-3-5-6-7-8-9(10(12)13-4-2)16-11(14)15-8/h3-7H2,1-2H3. The smallest absolute Gasteiger partial charge is 0.349 e. The maximum absolute atomic E-state index is 11.7. The Labute approximate surface area is 109 Å². The molecule has 0 aliphatic rings. The molecule has 0 amide bonds. The number of hydrogen-bond donors (Lipinski definition) is 0. The Morgan fingerprint density at radius 2 is 2.06 bits per heavy atom. The first-order valence-corrected chi connectivity index (χ1v) is 7.53. The summed E-state index contributed by atoms with van der Waals surface area (Å²) in [6.45, 7) is 4.41. The summed E-state index contributed by atoms with van der Waals surface area (Å²) in [6.07, 6.45) is 4.44. The van der Waals surface area contributed by atoms with E-state index in [4.69, 9.17) is 17.0 Å². The largest absolute Gasteiger partial charge is 0.462 e. The van der Waals surface area contributed by atoms with Crippen molar-refractivity contribution in [3.63, 3.8) is 0 Å². The molecule has 2 nitrogen and oxygen atoms in total. The highest BCUT2D eigenvalue weighted by atomic mass is 32.2. The monoisotopic (exact) mass is 276 g/mol. The van der Waals surface area contributed by atoms with Crippen molar-refractivity contribution in [2.75, 3.05) is 6.61 Å². The summed E-state index contributed by atoms with van der Waals surface area (Å²) in [5.74, 6) is -0.216. The normalized spacial score (nSPS) is 10.4. The number of rotatable bonds is 6. The van der Waals surface area contributed by atoms with Crippen LogP contribution in [-0.4, -0.2) is 12.6 Å². The first-order valence-electron chi connectivity index (χ1n) is 5.49. The molecule has 1 heterocycles. The maximum atomic E-state index is 11.7. The lowest BCUT2D eigenvalue weighted by molar-refractivity contribution is 0.0531. The number of hydrogen-bond acceptors (Lipinski definition) is 5. The maximum Gasteiger partial charge on any atom is 0.349 e. The van der Waals surface area contributed by atoms with E-state index in [0.29, 0.717) is 11.5 Å². The van der Waals surface area contributed by atoms with Gasteiger partial charge in [0.15, 0.2) is 0 Å². The highest BCUT2D eigenvalue weighted by Crippen LogP contribution is 2.27. The van der Waals surface area contributed by atoms with Crippen molar-refractivity contribution in [2.45, 2.75) is 39.5 Å². The second kappa shape index (κ2) is 7.14. The summed E-state index contributed by atoms with van der Waals surface area (Å²) in [5, 5.41) is 0. The van der Waals surface area contributed by atoms with Crippen LogP contribution in [0.4, 0.5) is 0 Å². The number of unbranched alkanes of at least 4 members (excludes halogenated alkanes) is 2. The zero-order valence-corrected chi connectivity index (χ0v) is 12.0. The van der Waals surface area contributed by atoms with E-state index in [-0.39, 0.29) is 5.97 Å². The van der Waals surface area contributed by atoms with Crippen LogP contribution in [0.2, 0.25) is 0 Å². The van der Waals surface area contributed by atoms with Gasteiger partial charge in [-0.2, -0.15) is 0 Å². The van der Waals surface area contributed by atoms with Gasteiger partial charge in [-0.25, -0.2) is 4.79 Å². The summed E-state index contributed by atoms with van der Waals surface area (Å²) in [6, 6.07) is 0. The third-order valence-electron chi connectivity index (χ3n) is 2.11. The van der Waals surface area contributed by atoms with Crippen LogP contribution < -0.4 is 0 Å². The van der Waals surface area contributed by atoms with Crippen LogP contribution in [0.15, 0.2) is 0 Å². The molecule has 1 aromatic heterocycles. The van der Waals surface area contributed by atoms with Gasteiger partial charge in [-0.05, 0) is 19.8 Å². The molecular weight excluding hydrogens is 260 g/mol. The molecular formula is C11H16O2S3. The molecule has 0 atom stereocenters. The Balaban J connectivity index is 2.74. The third kappa shape index (κ3) is 3.96. The number of esters is 1. The molecule has 5 heteroatoms. The Hall–Kier alpha value is -0.260. The fourth-order valence-corrected chi connectivity index (χ4v) is 4.03. The van der Waals surface area contributed by atoms with E-state index in [1.807, 2.05) is 6.92 Å². The first kappa shape index (κ1) is 13.8. The van der Waals surface area contributed by atoms with Crippen LogP contribution >= 0.6 is 34.9 Å². The van der Waals surface area contributed by atoms with Gasteiger partial charge >= 0.3 is 5.97 Å². The van der Waals surface area contributed by atoms with Crippen molar-refractivity contribution in [3.8, 4) is 0 Å². The van der Waals surface area contributed by atoms with Gasteiger partial charge in [0, 0.05) is 4.88 Å². The summed E-state index contributed by atoms with van der Waals surface area (Å²) < 4.78 is 5.83. The zero-order valence-electron chi connectivity index (χ0n) is 9.58. The molecule has 0 saturated heterocycles. The van der Waals surface area contributed by atoms with Gasteiger partial charge in [0.1, 0.15) is 8.01 Å². The second-order valence-electron chi connectivity index (χ2n) is 3.38. The minimum Gasteiger partial charge on any atom is -0.462 e. The van der Waals surface area contributed by atoms with Gasteiger partial charge in [0.05, 0.1) is 6.61 Å². The number of aryl methyl sites for hydroxylation is 1. The van der Waals surface area contributed by atoms with E-state index < -0.39 is 0 Å². The number of carbonyl (C=O) groups is 1. The van der Waals surface area contributed by atoms with E-state index >= 15 is 0 Å². The highest BCUT2D eigenvalue weighted by Gasteiger charge is 2.15. The van der Waals surface area contributed by atoms with E-state index in [2.05, 4.69) is 6.92 Å². The SMILES string of the molecule is CCCCCc1sc(=S)sc1C(=O)OCC. The first-order chi connectivity index (χ1) is 7.69. The zero-order chi connectivity index (χ0) is 12.0. The van der Waals surface area contributed by atoms with Crippen LogP contribution in [0, 0.1) is 3.14 Å². The lowest BCUT2D eigenvalue weighted by Crippen LogP contribution is -2.04. The Kier molecular flexibility index (Phi) is 6.16. The Bertz CT molecular complexity index is 392. The lowest BCUT2D eigenvalue weighted by Gasteiger charge is -2.02. The minimum absolute atomic E-state index is 0.216. The topological polar surface area (TPSA) is 26.3 Å². The molecule has 0 aromatic carbocycles. The van der Waals surface area contributed by atoms with Crippen LogP contribution in [0.1, 0.15) is 47.7 Å². The van der Waals surface area contributed by atoms with Crippen LogP contribution in [-0.2, 0) is 11.2 Å². The quantitative estimate of drug-likeness (QED) is 0.436. The van der Waals surface area contributed by atoms with Gasteiger partial charge < -0.3 is 4.74 Å². The molecule has 0 N–H and O–H groups in total. The fourth-order valence-electron chi connectivity index (χ4n) is 1.36. The highest BCUT2D eigenvalue weighted by molar-refractivity contribution is 7.76. The number of carbonyl (C=O) groups excluding carboxylic acids is 1. The van der Waals surface area contributed by atoms with Crippen molar-refractivity contribution >= 4 is 40.9 Å². The molecule has 90 valence electrons. The minimum atomic E-state index is -0.216. The van der Waals surface area contributed by atoms with Crippen molar-refractivity contribution in [1.29, 1.82) is 0 Å². The van der Waals surface area contributed by atoms with Gasteiger partial charge in [0.25, 0.3) is 0 Å². The Morgan fingerprint density at radius 3 is 2.69 bits per heavy atom. The van der Waals surface area contributed by atoms with Crippen molar-refractivity contribution in [2.24, 2.45) is 0 Å². The van der Waals surface area contributed by atoms with Gasteiger partial charge in [-0.1, -0.05) is 32.0 Å². The van der Waals surface area contributed by atoms with Crippen molar-refractivity contribution in [3.05, 3.63) is 12.9 Å². The summed E-state index contributed by atoms with van der Waals surface area (Å²) in [4.78, 5) is 13.5.